The van der Waals surface area contributed by atoms with Crippen molar-refractivity contribution in [2.45, 2.75) is 18.7 Å². The van der Waals surface area contributed by atoms with Crippen LogP contribution in [0.3, 0.4) is 0 Å². The molecule has 0 aliphatic carbocycles. The molecule has 3 rings (SSSR count). The van der Waals surface area contributed by atoms with E-state index in [2.05, 4.69) is 5.32 Å². The zero-order chi connectivity index (χ0) is 20.1. The molecular formula is C22H22N2O3S. The largest absolute Gasteiger partial charge is 0.322 e. The summed E-state index contributed by atoms with van der Waals surface area (Å²) in [6.07, 6.45) is 0. The van der Waals surface area contributed by atoms with E-state index < -0.39 is 10.0 Å². The summed E-state index contributed by atoms with van der Waals surface area (Å²) in [4.78, 5) is 12.6. The van der Waals surface area contributed by atoms with Gasteiger partial charge < -0.3 is 5.32 Å². The average molecular weight is 394 g/mol. The first kappa shape index (κ1) is 19.6. The highest BCUT2D eigenvalue weighted by atomic mass is 32.2. The molecule has 0 bridgehead atoms. The lowest BCUT2D eigenvalue weighted by Gasteiger charge is -2.23. The molecule has 0 spiro atoms. The van der Waals surface area contributed by atoms with E-state index >= 15 is 0 Å². The molecule has 0 heterocycles. The van der Waals surface area contributed by atoms with Gasteiger partial charge in [0.25, 0.3) is 15.9 Å². The predicted octanol–water partition coefficient (Wildman–Crippen LogP) is 4.46. The molecular weight excluding hydrogens is 372 g/mol. The zero-order valence-electron chi connectivity index (χ0n) is 15.8. The number of nitrogens with one attached hydrogen (secondary N) is 1. The summed E-state index contributed by atoms with van der Waals surface area (Å²) in [6, 6.07) is 22.5. The smallest absolute Gasteiger partial charge is 0.264 e. The maximum absolute atomic E-state index is 13.2. The fraction of sp³-hybridized carbons (Fsp3) is 0.136. The first-order valence-corrected chi connectivity index (χ1v) is 10.4. The van der Waals surface area contributed by atoms with Gasteiger partial charge in [0.1, 0.15) is 0 Å². The second kappa shape index (κ2) is 8.27. The number of aryl methyl sites for hydroxylation is 1. The van der Waals surface area contributed by atoms with E-state index in [1.54, 1.807) is 37.3 Å². The molecule has 1 N–H and O–H groups in total. The van der Waals surface area contributed by atoms with Gasteiger partial charge in [0.15, 0.2) is 0 Å². The Morgan fingerprint density at radius 2 is 1.64 bits per heavy atom. The van der Waals surface area contributed by atoms with Gasteiger partial charge in [0.05, 0.1) is 10.6 Å². The summed E-state index contributed by atoms with van der Waals surface area (Å²) < 4.78 is 27.7. The first-order chi connectivity index (χ1) is 13.4. The molecule has 5 nitrogen and oxygen atoms in total. The Bertz CT molecular complexity index is 1080. The average Bonchev–Trinajstić information content (AvgIpc) is 2.69. The standard InChI is InChI=1S/C22H22N2O3S/c1-3-24(20-13-7-9-17(2)15-20)28(26,27)21-14-8-10-18(16-21)22(25)23-19-11-5-4-6-12-19/h4-16H,3H2,1-2H3,(H,23,25). The Morgan fingerprint density at radius 3 is 2.32 bits per heavy atom. The molecule has 0 aliphatic rings. The lowest BCUT2D eigenvalue weighted by molar-refractivity contribution is 0.102. The number of benzene rings is 3. The minimum Gasteiger partial charge on any atom is -0.322 e. The SMILES string of the molecule is CCN(c1cccc(C)c1)S(=O)(=O)c1cccc(C(=O)Nc2ccccc2)c1. The topological polar surface area (TPSA) is 66.5 Å². The molecule has 0 fully saturated rings. The van der Waals surface area contributed by atoms with E-state index in [-0.39, 0.29) is 22.9 Å². The number of sulfonamides is 1. The van der Waals surface area contributed by atoms with Gasteiger partial charge in [-0.15, -0.1) is 0 Å². The number of nitrogens with zero attached hydrogens (tertiary/aromatic N) is 1. The molecule has 1 amide bonds. The van der Waals surface area contributed by atoms with Crippen LogP contribution in [0.25, 0.3) is 0 Å². The van der Waals surface area contributed by atoms with Crippen LogP contribution in [0.1, 0.15) is 22.8 Å². The number of hydrogen-bond acceptors (Lipinski definition) is 3. The Labute approximate surface area is 165 Å². The Hall–Kier alpha value is -3.12. The third-order valence-corrected chi connectivity index (χ3v) is 6.19. The third-order valence-electron chi connectivity index (χ3n) is 4.29. The number of amides is 1. The van der Waals surface area contributed by atoms with Crippen LogP contribution in [0.5, 0.6) is 0 Å². The summed E-state index contributed by atoms with van der Waals surface area (Å²) in [5, 5.41) is 2.77. The molecule has 6 heteroatoms. The minimum atomic E-state index is -3.80. The molecule has 0 saturated heterocycles. The van der Waals surface area contributed by atoms with Crippen molar-refractivity contribution in [2.75, 3.05) is 16.2 Å². The Morgan fingerprint density at radius 1 is 0.929 bits per heavy atom. The van der Waals surface area contributed by atoms with Crippen LogP contribution in [-0.4, -0.2) is 20.9 Å². The van der Waals surface area contributed by atoms with Crippen LogP contribution in [0, 0.1) is 6.92 Å². The van der Waals surface area contributed by atoms with Crippen LogP contribution in [0.2, 0.25) is 0 Å². The summed E-state index contributed by atoms with van der Waals surface area (Å²) in [7, 11) is -3.80. The van der Waals surface area contributed by atoms with E-state index in [1.165, 1.54) is 16.4 Å². The van der Waals surface area contributed by atoms with Crippen LogP contribution in [-0.2, 0) is 10.0 Å². The van der Waals surface area contributed by atoms with Crippen molar-refractivity contribution in [1.82, 2.24) is 0 Å². The second-order valence-corrected chi connectivity index (χ2v) is 8.22. The van der Waals surface area contributed by atoms with Gasteiger partial charge in [-0.3, -0.25) is 9.10 Å². The van der Waals surface area contributed by atoms with Gasteiger partial charge in [-0.2, -0.15) is 0 Å². The van der Waals surface area contributed by atoms with E-state index in [0.29, 0.717) is 11.4 Å². The number of anilines is 2. The van der Waals surface area contributed by atoms with Crippen LogP contribution in [0.4, 0.5) is 11.4 Å². The molecule has 3 aromatic rings. The number of rotatable bonds is 6. The maximum atomic E-state index is 13.2. The summed E-state index contributed by atoms with van der Waals surface area (Å²) in [5.41, 5.74) is 2.50. The maximum Gasteiger partial charge on any atom is 0.264 e. The highest BCUT2D eigenvalue weighted by Gasteiger charge is 2.24. The van der Waals surface area contributed by atoms with E-state index in [1.807, 2.05) is 43.3 Å². The van der Waals surface area contributed by atoms with Gasteiger partial charge in [-0.1, -0.05) is 36.4 Å². The van der Waals surface area contributed by atoms with Crippen molar-refractivity contribution in [1.29, 1.82) is 0 Å². The molecule has 144 valence electrons. The molecule has 0 atom stereocenters. The second-order valence-electron chi connectivity index (χ2n) is 6.36. The zero-order valence-corrected chi connectivity index (χ0v) is 16.6. The van der Waals surface area contributed by atoms with E-state index in [4.69, 9.17) is 0 Å². The fourth-order valence-corrected chi connectivity index (χ4v) is 4.44. The number of carbonyl (C=O) groups is 1. The van der Waals surface area contributed by atoms with Crippen molar-refractivity contribution in [3.05, 3.63) is 90.0 Å². The molecule has 0 saturated carbocycles. The Kier molecular flexibility index (Phi) is 5.80. The quantitative estimate of drug-likeness (QED) is 0.671. The summed E-state index contributed by atoms with van der Waals surface area (Å²) in [6.45, 7) is 3.98. The first-order valence-electron chi connectivity index (χ1n) is 8.97. The lowest BCUT2D eigenvalue weighted by atomic mass is 10.2. The highest BCUT2D eigenvalue weighted by Crippen LogP contribution is 2.25. The van der Waals surface area contributed by atoms with Crippen molar-refractivity contribution in [3.63, 3.8) is 0 Å². The van der Waals surface area contributed by atoms with Gasteiger partial charge in [-0.05, 0) is 61.9 Å². The normalized spacial score (nSPS) is 11.1. The number of para-hydroxylation sites is 1. The molecule has 0 aromatic heterocycles. The van der Waals surface area contributed by atoms with Gasteiger partial charge in [0.2, 0.25) is 0 Å². The predicted molar refractivity (Wildman–Crippen MR) is 112 cm³/mol. The van der Waals surface area contributed by atoms with Crippen molar-refractivity contribution < 1.29 is 13.2 Å². The minimum absolute atomic E-state index is 0.0802. The summed E-state index contributed by atoms with van der Waals surface area (Å²) >= 11 is 0. The molecule has 0 aliphatic heterocycles. The number of hydrogen-bond donors (Lipinski definition) is 1. The van der Waals surface area contributed by atoms with Gasteiger partial charge in [0, 0.05) is 17.8 Å². The summed E-state index contributed by atoms with van der Waals surface area (Å²) in [5.74, 6) is -0.359. The van der Waals surface area contributed by atoms with E-state index in [0.717, 1.165) is 5.56 Å². The molecule has 0 unspecified atom stereocenters. The van der Waals surface area contributed by atoms with Crippen LogP contribution >= 0.6 is 0 Å². The van der Waals surface area contributed by atoms with Gasteiger partial charge in [-0.25, -0.2) is 8.42 Å². The third kappa shape index (κ3) is 4.23. The number of carbonyl (C=O) groups excluding carboxylic acids is 1. The van der Waals surface area contributed by atoms with E-state index in [9.17, 15) is 13.2 Å². The monoisotopic (exact) mass is 394 g/mol. The van der Waals surface area contributed by atoms with Crippen molar-refractivity contribution in [2.24, 2.45) is 0 Å². The lowest BCUT2D eigenvalue weighted by Crippen LogP contribution is -2.31. The van der Waals surface area contributed by atoms with Crippen molar-refractivity contribution >= 4 is 27.3 Å². The molecule has 3 aromatic carbocycles. The fourth-order valence-electron chi connectivity index (χ4n) is 2.92. The molecule has 0 radical (unpaired) electrons. The Balaban J connectivity index is 1.92. The van der Waals surface area contributed by atoms with Gasteiger partial charge >= 0.3 is 0 Å². The van der Waals surface area contributed by atoms with Crippen LogP contribution in [0.15, 0.2) is 83.8 Å². The highest BCUT2D eigenvalue weighted by molar-refractivity contribution is 7.92. The van der Waals surface area contributed by atoms with Crippen LogP contribution < -0.4 is 9.62 Å². The van der Waals surface area contributed by atoms with Crippen molar-refractivity contribution in [3.8, 4) is 0 Å². The molecule has 28 heavy (non-hydrogen) atoms.